The predicted molar refractivity (Wildman–Crippen MR) is 139 cm³/mol. The Balaban J connectivity index is 1.45. The summed E-state index contributed by atoms with van der Waals surface area (Å²) in [5.74, 6) is -0.255. The number of rotatable bonds is 7. The average Bonchev–Trinajstić information content (AvgIpc) is 3.22. The maximum Gasteiger partial charge on any atom is 0.409 e. The van der Waals surface area contributed by atoms with E-state index in [2.05, 4.69) is 4.98 Å². The number of ether oxygens (including phenoxy) is 2. The number of piperidine rings is 1. The normalized spacial score (nSPS) is 20.8. The molecule has 2 N–H and O–H groups in total. The number of hydrogen-bond acceptors (Lipinski definition) is 7. The van der Waals surface area contributed by atoms with Gasteiger partial charge in [0.05, 0.1) is 12.5 Å². The molecule has 3 heterocycles. The van der Waals surface area contributed by atoms with Crippen molar-refractivity contribution in [2.75, 3.05) is 26.7 Å². The molecule has 2 atom stereocenters. The molecule has 0 bridgehead atoms. The first-order valence-corrected chi connectivity index (χ1v) is 12.9. The largest absolute Gasteiger partial charge is 0.489 e. The first-order valence-electron chi connectivity index (χ1n) is 12.9. The molecule has 0 unspecified atom stereocenters. The molecule has 2 fully saturated rings. The molecule has 38 heavy (non-hydrogen) atoms. The number of carbonyl (C=O) groups is 3. The van der Waals surface area contributed by atoms with Gasteiger partial charge in [0.15, 0.2) is 0 Å². The van der Waals surface area contributed by atoms with Gasteiger partial charge >= 0.3 is 6.09 Å². The minimum atomic E-state index is -0.816. The van der Waals surface area contributed by atoms with E-state index in [1.807, 2.05) is 57.2 Å². The van der Waals surface area contributed by atoms with Crippen LogP contribution in [0.15, 0.2) is 36.4 Å². The third-order valence-electron chi connectivity index (χ3n) is 7.76. The van der Waals surface area contributed by atoms with Crippen molar-refractivity contribution in [3.8, 4) is 5.75 Å². The highest BCUT2D eigenvalue weighted by Gasteiger charge is 2.50. The molecule has 0 spiro atoms. The molecule has 0 radical (unpaired) electrons. The number of likely N-dealkylation sites (tertiary alicyclic amines) is 2. The molecular weight excluding hydrogens is 488 g/mol. The van der Waals surface area contributed by atoms with Crippen LogP contribution in [0.3, 0.4) is 0 Å². The zero-order valence-electron chi connectivity index (χ0n) is 22.4. The molecular formula is C28H36N4O6. The Kier molecular flexibility index (Phi) is 8.20. The van der Waals surface area contributed by atoms with Crippen LogP contribution in [0.2, 0.25) is 0 Å². The van der Waals surface area contributed by atoms with Gasteiger partial charge in [-0.1, -0.05) is 12.1 Å². The van der Waals surface area contributed by atoms with Crippen LogP contribution in [0.1, 0.15) is 48.7 Å². The van der Waals surface area contributed by atoms with Crippen molar-refractivity contribution in [3.05, 3.63) is 58.9 Å². The van der Waals surface area contributed by atoms with E-state index in [4.69, 9.17) is 9.47 Å². The molecule has 1 aromatic heterocycles. The van der Waals surface area contributed by atoms with Gasteiger partial charge in [-0.3, -0.25) is 19.8 Å². The van der Waals surface area contributed by atoms with Crippen LogP contribution in [-0.4, -0.2) is 70.7 Å². The summed E-state index contributed by atoms with van der Waals surface area (Å²) in [4.78, 5) is 45.9. The van der Waals surface area contributed by atoms with Gasteiger partial charge in [-0.05, 0) is 81.3 Å². The highest BCUT2D eigenvalue weighted by molar-refractivity contribution is 5.94. The number of nitrogens with zero attached hydrogens (tertiary/aromatic N) is 3. The number of hydroxylamine groups is 1. The van der Waals surface area contributed by atoms with Crippen molar-refractivity contribution in [1.82, 2.24) is 20.3 Å². The third-order valence-corrected chi connectivity index (χ3v) is 7.76. The van der Waals surface area contributed by atoms with E-state index in [0.717, 1.165) is 22.5 Å². The zero-order chi connectivity index (χ0) is 27.4. The molecule has 2 saturated heterocycles. The topological polar surface area (TPSA) is 121 Å². The van der Waals surface area contributed by atoms with Gasteiger partial charge in [0.1, 0.15) is 18.4 Å². The molecule has 1 aromatic carbocycles. The van der Waals surface area contributed by atoms with Crippen molar-refractivity contribution in [2.24, 2.45) is 5.92 Å². The van der Waals surface area contributed by atoms with Gasteiger partial charge in [0, 0.05) is 31.0 Å². The Hall–Kier alpha value is -3.66. The van der Waals surface area contributed by atoms with Gasteiger partial charge in [0.2, 0.25) is 5.91 Å². The fourth-order valence-corrected chi connectivity index (χ4v) is 5.70. The van der Waals surface area contributed by atoms with Gasteiger partial charge in [-0.25, -0.2) is 10.3 Å². The smallest absolute Gasteiger partial charge is 0.409 e. The second-order valence-electron chi connectivity index (χ2n) is 10.4. The highest BCUT2D eigenvalue weighted by atomic mass is 16.5. The third kappa shape index (κ3) is 5.60. The number of nitrogens with one attached hydrogen (secondary N) is 1. The molecule has 10 heteroatoms. The molecule has 0 aliphatic carbocycles. The van der Waals surface area contributed by atoms with Crippen molar-refractivity contribution >= 4 is 17.9 Å². The number of aryl methyl sites for hydroxylation is 2. The van der Waals surface area contributed by atoms with Gasteiger partial charge in [-0.2, -0.15) is 0 Å². The molecule has 2 aliphatic heterocycles. The van der Waals surface area contributed by atoms with Crippen molar-refractivity contribution in [3.63, 3.8) is 0 Å². The van der Waals surface area contributed by atoms with E-state index in [0.29, 0.717) is 51.3 Å². The summed E-state index contributed by atoms with van der Waals surface area (Å²) < 4.78 is 10.8. The fraction of sp³-hybridized carbons (Fsp3) is 0.500. The summed E-state index contributed by atoms with van der Waals surface area (Å²) >= 11 is 0. The lowest BCUT2D eigenvalue weighted by Gasteiger charge is -2.38. The Morgan fingerprint density at radius 3 is 2.34 bits per heavy atom. The Morgan fingerprint density at radius 2 is 1.76 bits per heavy atom. The number of pyridine rings is 1. The second kappa shape index (κ2) is 11.4. The summed E-state index contributed by atoms with van der Waals surface area (Å²) in [6.45, 7) is 7.45. The molecule has 204 valence electrons. The van der Waals surface area contributed by atoms with E-state index in [9.17, 15) is 19.6 Å². The van der Waals surface area contributed by atoms with Gasteiger partial charge < -0.3 is 19.3 Å². The molecule has 2 aliphatic rings. The maximum atomic E-state index is 13.8. The van der Waals surface area contributed by atoms with Gasteiger partial charge in [0.25, 0.3) is 5.91 Å². The minimum absolute atomic E-state index is 0.155. The molecule has 2 aromatic rings. The van der Waals surface area contributed by atoms with Crippen LogP contribution in [0.4, 0.5) is 4.79 Å². The van der Waals surface area contributed by atoms with Crippen LogP contribution in [-0.2, 0) is 26.3 Å². The summed E-state index contributed by atoms with van der Waals surface area (Å²) in [7, 11) is 1.33. The molecule has 4 rings (SSSR count). The van der Waals surface area contributed by atoms with E-state index in [-0.39, 0.29) is 11.8 Å². The minimum Gasteiger partial charge on any atom is -0.489 e. The standard InChI is InChI=1S/C28H36N4O6/c1-18-15-20(16-19(2)29-18)17-38-23-7-5-22(6-8-23)28(3)11-14-32(26(28)34)24(25(33)30-36)21-9-12-31(13-10-21)27(35)37-4/h5-8,15-16,21,24,36H,9-14,17H2,1-4H3,(H,30,33)/t24-,28-/m1/s1. The zero-order valence-corrected chi connectivity index (χ0v) is 22.4. The summed E-state index contributed by atoms with van der Waals surface area (Å²) in [5.41, 5.74) is 4.72. The Morgan fingerprint density at radius 1 is 1.13 bits per heavy atom. The number of benzene rings is 1. The SMILES string of the molecule is COC(=O)N1CCC([C@H](C(=O)NO)N2CC[C@](C)(c3ccc(OCc4cc(C)nc(C)c4)cc3)C2=O)CC1. The Bertz CT molecular complexity index is 1160. The van der Waals surface area contributed by atoms with E-state index in [1.165, 1.54) is 7.11 Å². The van der Waals surface area contributed by atoms with Crippen LogP contribution in [0, 0.1) is 19.8 Å². The number of aromatic nitrogens is 1. The number of amides is 3. The first kappa shape index (κ1) is 27.4. The first-order chi connectivity index (χ1) is 18.2. The second-order valence-corrected chi connectivity index (χ2v) is 10.4. The monoisotopic (exact) mass is 524 g/mol. The van der Waals surface area contributed by atoms with Crippen molar-refractivity contribution in [2.45, 2.75) is 58.1 Å². The average molecular weight is 525 g/mol. The van der Waals surface area contributed by atoms with Crippen molar-refractivity contribution < 1.29 is 29.1 Å². The predicted octanol–water partition coefficient (Wildman–Crippen LogP) is 3.12. The van der Waals surface area contributed by atoms with Crippen molar-refractivity contribution in [1.29, 1.82) is 0 Å². The number of methoxy groups -OCH3 is 1. The number of hydrogen-bond donors (Lipinski definition) is 2. The summed E-state index contributed by atoms with van der Waals surface area (Å²) in [5, 5.41) is 9.46. The van der Waals surface area contributed by atoms with E-state index >= 15 is 0 Å². The van der Waals surface area contributed by atoms with E-state index < -0.39 is 23.5 Å². The van der Waals surface area contributed by atoms with Crippen LogP contribution in [0.25, 0.3) is 0 Å². The van der Waals surface area contributed by atoms with Crippen LogP contribution >= 0.6 is 0 Å². The maximum absolute atomic E-state index is 13.8. The fourth-order valence-electron chi connectivity index (χ4n) is 5.70. The lowest BCUT2D eigenvalue weighted by Crippen LogP contribution is -2.55. The number of carbonyl (C=O) groups excluding carboxylic acids is 3. The summed E-state index contributed by atoms with van der Waals surface area (Å²) in [6, 6.07) is 10.7. The lowest BCUT2D eigenvalue weighted by molar-refractivity contribution is -0.146. The molecule has 10 nitrogen and oxygen atoms in total. The summed E-state index contributed by atoms with van der Waals surface area (Å²) in [6.07, 6.45) is 1.18. The van der Waals surface area contributed by atoms with E-state index in [1.54, 1.807) is 15.3 Å². The molecule has 0 saturated carbocycles. The molecule has 3 amide bonds. The highest BCUT2D eigenvalue weighted by Crippen LogP contribution is 2.39. The Labute approximate surface area is 222 Å². The van der Waals surface area contributed by atoms with Gasteiger partial charge in [-0.15, -0.1) is 0 Å². The lowest BCUT2D eigenvalue weighted by atomic mass is 9.80. The quantitative estimate of drug-likeness (QED) is 0.422. The van der Waals surface area contributed by atoms with Crippen LogP contribution in [0.5, 0.6) is 5.75 Å². The van der Waals surface area contributed by atoms with Crippen LogP contribution < -0.4 is 10.2 Å².